The van der Waals surface area contributed by atoms with Crippen LogP contribution in [0.2, 0.25) is 0 Å². The summed E-state index contributed by atoms with van der Waals surface area (Å²) in [6.07, 6.45) is 0.825. The molecule has 2 N–H and O–H groups in total. The molecule has 0 radical (unpaired) electrons. The number of hydrogen-bond donors (Lipinski definition) is 2. The number of ether oxygens (including phenoxy) is 2. The number of hydrogen-bond acceptors (Lipinski definition) is 4. The molecule has 0 fully saturated rings. The molecular weight excluding hydrogens is 214 g/mol. The van der Waals surface area contributed by atoms with Gasteiger partial charge in [0.1, 0.15) is 12.6 Å². The van der Waals surface area contributed by atoms with E-state index in [0.29, 0.717) is 6.61 Å². The number of rotatable bonds is 8. The third-order valence-corrected chi connectivity index (χ3v) is 1.68. The minimum atomic E-state index is -1.12. The van der Waals surface area contributed by atoms with Crippen LogP contribution in [0.4, 0.5) is 4.79 Å². The zero-order valence-electron chi connectivity index (χ0n) is 9.27. The summed E-state index contributed by atoms with van der Waals surface area (Å²) < 4.78 is 9.61. The van der Waals surface area contributed by atoms with Gasteiger partial charge in [0, 0.05) is 19.6 Å². The maximum atomic E-state index is 11.1. The van der Waals surface area contributed by atoms with Crippen LogP contribution in [0.3, 0.4) is 0 Å². The van der Waals surface area contributed by atoms with Crippen LogP contribution in [0.1, 0.15) is 13.3 Å². The van der Waals surface area contributed by atoms with Gasteiger partial charge in [0.2, 0.25) is 0 Å². The van der Waals surface area contributed by atoms with E-state index >= 15 is 0 Å². The fourth-order valence-electron chi connectivity index (χ4n) is 0.921. The van der Waals surface area contributed by atoms with Gasteiger partial charge in [-0.2, -0.15) is 0 Å². The second-order valence-corrected chi connectivity index (χ2v) is 2.91. The van der Waals surface area contributed by atoms with Crippen molar-refractivity contribution in [1.29, 1.82) is 0 Å². The molecule has 0 rings (SSSR count). The highest BCUT2D eigenvalue weighted by atomic mass is 16.5. The van der Waals surface area contributed by atoms with Crippen molar-refractivity contribution in [3.8, 4) is 0 Å². The number of aliphatic carboxylic acids is 1. The molecule has 0 aromatic carbocycles. The van der Waals surface area contributed by atoms with Gasteiger partial charge in [0.05, 0.1) is 0 Å². The van der Waals surface area contributed by atoms with Crippen LogP contribution >= 0.6 is 0 Å². The molecule has 1 unspecified atom stereocenters. The summed E-state index contributed by atoms with van der Waals surface area (Å²) in [5.74, 6) is -1.12. The minimum Gasteiger partial charge on any atom is -0.480 e. The molecule has 0 saturated heterocycles. The lowest BCUT2D eigenvalue weighted by molar-refractivity contribution is -0.139. The quantitative estimate of drug-likeness (QED) is 0.476. The third kappa shape index (κ3) is 6.83. The Balaban J connectivity index is 3.96. The summed E-state index contributed by atoms with van der Waals surface area (Å²) in [6, 6.07) is -0.996. The van der Waals surface area contributed by atoms with Gasteiger partial charge in [0.15, 0.2) is 0 Å². The van der Waals surface area contributed by atoms with Crippen LogP contribution < -0.4 is 5.32 Å². The average Bonchev–Trinajstić information content (AvgIpc) is 2.25. The monoisotopic (exact) mass is 231 g/mol. The van der Waals surface area contributed by atoms with Gasteiger partial charge < -0.3 is 19.9 Å². The van der Waals surface area contributed by atoms with Gasteiger partial charge in [-0.25, -0.2) is 9.59 Å². The fourth-order valence-corrected chi connectivity index (χ4v) is 0.921. The molecule has 0 aliphatic heterocycles. The topological polar surface area (TPSA) is 84.9 Å². The highest BCUT2D eigenvalue weighted by molar-refractivity contribution is 5.79. The highest BCUT2D eigenvalue weighted by Gasteiger charge is 2.19. The summed E-state index contributed by atoms with van der Waals surface area (Å²) in [7, 11) is 0. The van der Waals surface area contributed by atoms with Gasteiger partial charge >= 0.3 is 12.1 Å². The molecule has 16 heavy (non-hydrogen) atoms. The van der Waals surface area contributed by atoms with Crippen molar-refractivity contribution in [2.45, 2.75) is 19.4 Å². The molecule has 6 nitrogen and oxygen atoms in total. The molecule has 0 spiro atoms. The average molecular weight is 231 g/mol. The number of nitrogens with one attached hydrogen (secondary N) is 1. The van der Waals surface area contributed by atoms with Crippen molar-refractivity contribution in [2.75, 3.05) is 19.8 Å². The van der Waals surface area contributed by atoms with Crippen LogP contribution in [0.15, 0.2) is 12.7 Å². The molecule has 0 heterocycles. The molecule has 0 aromatic rings. The van der Waals surface area contributed by atoms with Crippen LogP contribution in [0.5, 0.6) is 0 Å². The Labute approximate surface area is 94.2 Å². The summed E-state index contributed by atoms with van der Waals surface area (Å²) in [5, 5.41) is 11.0. The van der Waals surface area contributed by atoms with Crippen LogP contribution in [-0.4, -0.2) is 43.0 Å². The Morgan fingerprint density at radius 1 is 1.56 bits per heavy atom. The molecule has 0 aliphatic rings. The molecule has 0 aliphatic carbocycles. The van der Waals surface area contributed by atoms with E-state index in [1.165, 1.54) is 6.08 Å². The standard InChI is InChI=1S/C10H17NO5/c1-3-6-16-10(14)11-8(9(12)13)5-7-15-4-2/h3,8H,1,4-7H2,2H3,(H,11,14)(H,12,13). The molecular formula is C10H17NO5. The number of carbonyl (C=O) groups excluding carboxylic acids is 1. The molecule has 0 aromatic heterocycles. The molecule has 1 amide bonds. The van der Waals surface area contributed by atoms with Crippen molar-refractivity contribution in [1.82, 2.24) is 5.32 Å². The Kier molecular flexibility index (Phi) is 7.87. The summed E-state index contributed by atoms with van der Waals surface area (Å²) in [6.45, 7) is 6.00. The number of amides is 1. The first-order valence-corrected chi connectivity index (χ1v) is 4.96. The second kappa shape index (κ2) is 8.72. The maximum Gasteiger partial charge on any atom is 0.408 e. The largest absolute Gasteiger partial charge is 0.480 e. The van der Waals surface area contributed by atoms with Crippen LogP contribution in [-0.2, 0) is 14.3 Å². The van der Waals surface area contributed by atoms with E-state index in [9.17, 15) is 9.59 Å². The Morgan fingerprint density at radius 3 is 2.75 bits per heavy atom. The smallest absolute Gasteiger partial charge is 0.408 e. The lowest BCUT2D eigenvalue weighted by Gasteiger charge is -2.13. The van der Waals surface area contributed by atoms with Crippen LogP contribution in [0, 0.1) is 0 Å². The van der Waals surface area contributed by atoms with E-state index in [4.69, 9.17) is 9.84 Å². The third-order valence-electron chi connectivity index (χ3n) is 1.68. The van der Waals surface area contributed by atoms with E-state index in [1.807, 2.05) is 6.92 Å². The predicted octanol–water partition coefficient (Wildman–Crippen LogP) is 0.778. The van der Waals surface area contributed by atoms with Crippen molar-refractivity contribution in [3.63, 3.8) is 0 Å². The summed E-state index contributed by atoms with van der Waals surface area (Å²) in [5.41, 5.74) is 0. The Morgan fingerprint density at radius 2 is 2.25 bits per heavy atom. The first-order valence-electron chi connectivity index (χ1n) is 4.96. The first kappa shape index (κ1) is 14.4. The second-order valence-electron chi connectivity index (χ2n) is 2.91. The minimum absolute atomic E-state index is 0.0453. The molecule has 0 saturated carbocycles. The van der Waals surface area contributed by atoms with Crippen LogP contribution in [0.25, 0.3) is 0 Å². The summed E-state index contributed by atoms with van der Waals surface area (Å²) >= 11 is 0. The predicted molar refractivity (Wildman–Crippen MR) is 57.2 cm³/mol. The zero-order chi connectivity index (χ0) is 12.4. The lowest BCUT2D eigenvalue weighted by Crippen LogP contribution is -2.41. The number of alkyl carbamates (subject to hydrolysis) is 1. The SMILES string of the molecule is C=CCOC(=O)NC(CCOCC)C(=O)O. The van der Waals surface area contributed by atoms with E-state index in [2.05, 4.69) is 16.6 Å². The number of carbonyl (C=O) groups is 2. The summed E-state index contributed by atoms with van der Waals surface area (Å²) in [4.78, 5) is 21.8. The normalized spacial score (nSPS) is 11.6. The Hall–Kier alpha value is -1.56. The van der Waals surface area contributed by atoms with Crippen molar-refractivity contribution < 1.29 is 24.2 Å². The maximum absolute atomic E-state index is 11.1. The zero-order valence-corrected chi connectivity index (χ0v) is 9.27. The van der Waals surface area contributed by atoms with E-state index in [0.717, 1.165) is 0 Å². The van der Waals surface area contributed by atoms with E-state index in [1.54, 1.807) is 0 Å². The molecule has 6 heteroatoms. The van der Waals surface area contributed by atoms with Gasteiger partial charge in [-0.3, -0.25) is 0 Å². The lowest BCUT2D eigenvalue weighted by atomic mass is 10.2. The highest BCUT2D eigenvalue weighted by Crippen LogP contribution is 1.95. The molecule has 0 bridgehead atoms. The molecule has 92 valence electrons. The fraction of sp³-hybridized carbons (Fsp3) is 0.600. The van der Waals surface area contributed by atoms with Gasteiger partial charge in [-0.05, 0) is 6.92 Å². The molecule has 1 atom stereocenters. The van der Waals surface area contributed by atoms with E-state index < -0.39 is 18.1 Å². The number of carboxylic acids is 1. The van der Waals surface area contributed by atoms with E-state index in [-0.39, 0.29) is 19.6 Å². The van der Waals surface area contributed by atoms with Gasteiger partial charge in [-0.1, -0.05) is 12.7 Å². The van der Waals surface area contributed by atoms with Crippen molar-refractivity contribution >= 4 is 12.1 Å². The first-order chi connectivity index (χ1) is 7.61. The van der Waals surface area contributed by atoms with Crippen molar-refractivity contribution in [3.05, 3.63) is 12.7 Å². The van der Waals surface area contributed by atoms with Crippen molar-refractivity contribution in [2.24, 2.45) is 0 Å². The number of carboxylic acid groups (broad SMARTS) is 1. The van der Waals surface area contributed by atoms with Gasteiger partial charge in [0.25, 0.3) is 0 Å². The Bertz CT molecular complexity index is 241. The van der Waals surface area contributed by atoms with Gasteiger partial charge in [-0.15, -0.1) is 0 Å².